The third kappa shape index (κ3) is 8.44. The minimum absolute atomic E-state index is 0.0384. The number of aromatic nitrogens is 1. The van der Waals surface area contributed by atoms with Crippen LogP contribution in [-0.4, -0.2) is 89.3 Å². The van der Waals surface area contributed by atoms with Crippen LogP contribution in [0.2, 0.25) is 0 Å². The third-order valence-corrected chi connectivity index (χ3v) is 13.5. The summed E-state index contributed by atoms with van der Waals surface area (Å²) in [5, 5.41) is 6.02. The molecule has 5 unspecified atom stereocenters. The number of amides is 4. The summed E-state index contributed by atoms with van der Waals surface area (Å²) in [6.07, 6.45) is 4.47. The van der Waals surface area contributed by atoms with Gasteiger partial charge in [0.25, 0.3) is 5.91 Å². The number of fused-ring (bicyclic) bond motifs is 4. The van der Waals surface area contributed by atoms with Crippen molar-refractivity contribution in [2.75, 3.05) is 13.7 Å². The molecule has 1 aliphatic carbocycles. The van der Waals surface area contributed by atoms with Gasteiger partial charge in [0.1, 0.15) is 46.5 Å². The Balaban J connectivity index is 1.39. The van der Waals surface area contributed by atoms with Gasteiger partial charge in [0, 0.05) is 23.8 Å². The van der Waals surface area contributed by atoms with E-state index in [9.17, 15) is 27.6 Å². The number of sulfonamides is 1. The van der Waals surface area contributed by atoms with E-state index in [1.54, 1.807) is 58.9 Å². The van der Waals surface area contributed by atoms with Crippen LogP contribution in [0.3, 0.4) is 0 Å². The molecule has 4 aliphatic rings. The molecule has 16 heteroatoms. The van der Waals surface area contributed by atoms with Crippen molar-refractivity contribution in [1.82, 2.24) is 25.2 Å². The van der Waals surface area contributed by atoms with E-state index in [4.69, 9.17) is 14.2 Å². The summed E-state index contributed by atoms with van der Waals surface area (Å²) in [6.45, 7) is 9.59. The number of halogens is 1. The van der Waals surface area contributed by atoms with Crippen molar-refractivity contribution in [2.24, 2.45) is 0 Å². The second-order valence-corrected chi connectivity index (χ2v) is 19.4. The van der Waals surface area contributed by atoms with E-state index in [-0.39, 0.29) is 38.0 Å². The zero-order valence-electron chi connectivity index (χ0n) is 33.3. The number of alkyl halides is 1. The number of nitrogens with zero attached hydrogens (tertiary/aromatic N) is 2. The number of methoxy groups -OCH3 is 1. The highest BCUT2D eigenvalue weighted by Crippen LogP contribution is 2.50. The van der Waals surface area contributed by atoms with Gasteiger partial charge in [-0.15, -0.1) is 0 Å². The second-order valence-electron chi connectivity index (χ2n) is 17.2. The number of rotatable bonds is 5. The predicted molar refractivity (Wildman–Crippen MR) is 206 cm³/mol. The number of pyridine rings is 1. The summed E-state index contributed by atoms with van der Waals surface area (Å²) in [4.78, 5) is 62.3. The lowest BCUT2D eigenvalue weighted by Crippen LogP contribution is -2.62. The van der Waals surface area contributed by atoms with Crippen molar-refractivity contribution in [1.29, 1.82) is 0 Å². The Morgan fingerprint density at radius 1 is 1.09 bits per heavy atom. The largest absolute Gasteiger partial charge is 0.497 e. The van der Waals surface area contributed by atoms with E-state index in [0.717, 1.165) is 6.42 Å². The fourth-order valence-corrected chi connectivity index (χ4v) is 9.11. The maximum Gasteiger partial charge on any atom is 0.408 e. The molecule has 1 saturated heterocycles. The van der Waals surface area contributed by atoms with Gasteiger partial charge in [0.2, 0.25) is 21.8 Å². The molecular weight excluding hydrogens is 746 g/mol. The van der Waals surface area contributed by atoms with Crippen LogP contribution >= 0.6 is 0 Å². The molecule has 4 heterocycles. The molecule has 1 spiro atoms. The molecule has 306 valence electrons. The molecule has 0 radical (unpaired) electrons. The zero-order chi connectivity index (χ0) is 40.8. The normalized spacial score (nSPS) is 28.2. The monoisotopic (exact) mass is 799 g/mol. The van der Waals surface area contributed by atoms with Crippen LogP contribution < -0.4 is 24.8 Å². The Morgan fingerprint density at radius 3 is 2.50 bits per heavy atom. The molecule has 1 aromatic carbocycles. The Hall–Kier alpha value is -4.47. The van der Waals surface area contributed by atoms with Crippen molar-refractivity contribution in [2.45, 2.75) is 145 Å². The molecule has 2 aromatic rings. The van der Waals surface area contributed by atoms with Crippen molar-refractivity contribution in [3.05, 3.63) is 41.6 Å². The summed E-state index contributed by atoms with van der Waals surface area (Å²) in [6, 6.07) is 2.77. The van der Waals surface area contributed by atoms with Crippen molar-refractivity contribution in [3.8, 4) is 11.5 Å². The topological polar surface area (TPSA) is 182 Å². The number of ether oxygens (including phenoxy) is 3. The highest BCUT2D eigenvalue weighted by Gasteiger charge is 2.57. The molecule has 6 rings (SSSR count). The Labute approximate surface area is 327 Å². The van der Waals surface area contributed by atoms with Crippen LogP contribution in [-0.2, 0) is 29.1 Å². The van der Waals surface area contributed by atoms with Crippen LogP contribution in [0.15, 0.2) is 30.4 Å². The van der Waals surface area contributed by atoms with Crippen LogP contribution in [0.1, 0.15) is 116 Å². The molecule has 3 aliphatic heterocycles. The highest BCUT2D eigenvalue weighted by atomic mass is 32.2. The maximum absolute atomic E-state index is 16.8. The molecule has 0 bridgehead atoms. The maximum atomic E-state index is 16.8. The lowest BCUT2D eigenvalue weighted by molar-refractivity contribution is -0.142. The van der Waals surface area contributed by atoms with Crippen molar-refractivity contribution < 1.29 is 46.2 Å². The third-order valence-electron chi connectivity index (χ3n) is 11.3. The van der Waals surface area contributed by atoms with Crippen LogP contribution in [0.25, 0.3) is 10.9 Å². The number of hydrogen-bond donors (Lipinski definition) is 3. The van der Waals surface area contributed by atoms with E-state index in [2.05, 4.69) is 20.3 Å². The quantitative estimate of drug-likeness (QED) is 0.333. The summed E-state index contributed by atoms with van der Waals surface area (Å²) < 4.78 is 61.9. The van der Waals surface area contributed by atoms with E-state index in [0.29, 0.717) is 60.0 Å². The van der Waals surface area contributed by atoms with Gasteiger partial charge in [-0.05, 0) is 98.3 Å². The minimum Gasteiger partial charge on any atom is -0.497 e. The van der Waals surface area contributed by atoms with Gasteiger partial charge in [-0.3, -0.25) is 19.1 Å². The fourth-order valence-electron chi connectivity index (χ4n) is 7.76. The lowest BCUT2D eigenvalue weighted by atomic mass is 9.85. The molecule has 56 heavy (non-hydrogen) atoms. The lowest BCUT2D eigenvalue weighted by Gasteiger charge is -2.38. The number of carbonyl (C=O) groups is 4. The summed E-state index contributed by atoms with van der Waals surface area (Å²) >= 11 is 0. The first-order valence-electron chi connectivity index (χ1n) is 19.3. The number of alkyl carbamates (subject to hydrolysis) is 1. The number of benzene rings is 1. The fraction of sp³-hybridized carbons (Fsp3) is 0.625. The molecule has 5 atom stereocenters. The standard InChI is InChI=1S/C40H54FN5O9S/c1-24-32-31(26-20-25(53-7)15-16-28(26)42-24)27(41)21-40(54-32)22-30-33(47)44-39(6,35(49)45-56(51,52)38(5)18-19-38)17-13-11-9-8-10-12-14-29(34(48)46(30)23-40)43-36(50)55-37(2,3)4/h11,13,15-16,20,27,29-30H,8-10,12,14,17-19,21-23H2,1-7H3,(H,43,50)(H,44,47)(H,45,49). The molecule has 3 N–H and O–H groups in total. The summed E-state index contributed by atoms with van der Waals surface area (Å²) in [5.41, 5.74) is -2.75. The molecular formula is C40H54FN5O9S. The van der Waals surface area contributed by atoms with Gasteiger partial charge < -0.3 is 29.7 Å². The van der Waals surface area contributed by atoms with E-state index >= 15 is 4.39 Å². The average molecular weight is 800 g/mol. The van der Waals surface area contributed by atoms with Crippen LogP contribution in [0.4, 0.5) is 9.18 Å². The van der Waals surface area contributed by atoms with Crippen LogP contribution in [0.5, 0.6) is 11.5 Å². The summed E-state index contributed by atoms with van der Waals surface area (Å²) in [7, 11) is -2.55. The van der Waals surface area contributed by atoms with Gasteiger partial charge in [0.05, 0.1) is 29.6 Å². The van der Waals surface area contributed by atoms with Crippen LogP contribution in [0, 0.1) is 6.92 Å². The van der Waals surface area contributed by atoms with Gasteiger partial charge in [0.15, 0.2) is 0 Å². The molecule has 14 nitrogen and oxygen atoms in total. The van der Waals surface area contributed by atoms with Gasteiger partial charge >= 0.3 is 6.09 Å². The SMILES string of the molecule is COc1ccc2nc(C)c3c(c2c1)C(F)CC1(CC2C(=O)NC(C)(C(=O)NS(=O)(=O)C4(C)CC4)CC=CCCCCCC(NC(=O)OC(C)(C)C)C(=O)N2C1)O3. The highest BCUT2D eigenvalue weighted by molar-refractivity contribution is 7.91. The van der Waals surface area contributed by atoms with Crippen molar-refractivity contribution >= 4 is 44.7 Å². The number of aryl methyl sites for hydroxylation is 1. The molecule has 1 saturated carbocycles. The van der Waals surface area contributed by atoms with Gasteiger partial charge in [-0.2, -0.15) is 0 Å². The molecule has 2 fully saturated rings. The smallest absolute Gasteiger partial charge is 0.408 e. The van der Waals surface area contributed by atoms with E-state index in [1.165, 1.54) is 18.9 Å². The average Bonchev–Trinajstić information content (AvgIpc) is 3.77. The number of allylic oxidation sites excluding steroid dienone is 1. The van der Waals surface area contributed by atoms with E-state index in [1.807, 2.05) is 6.08 Å². The molecule has 4 amide bonds. The number of carbonyl (C=O) groups excluding carboxylic acids is 4. The first-order chi connectivity index (χ1) is 26.2. The van der Waals surface area contributed by atoms with Gasteiger partial charge in [-0.25, -0.2) is 22.6 Å². The minimum atomic E-state index is -4.06. The first kappa shape index (κ1) is 41.2. The molecule has 1 aromatic heterocycles. The van der Waals surface area contributed by atoms with Gasteiger partial charge in [-0.1, -0.05) is 25.0 Å². The zero-order valence-corrected chi connectivity index (χ0v) is 34.1. The first-order valence-corrected chi connectivity index (χ1v) is 20.8. The second kappa shape index (κ2) is 15.1. The van der Waals surface area contributed by atoms with E-state index < -0.39 is 73.6 Å². The Morgan fingerprint density at radius 2 is 1.82 bits per heavy atom. The predicted octanol–water partition coefficient (Wildman–Crippen LogP) is 5.36. The summed E-state index contributed by atoms with van der Waals surface area (Å²) in [5.74, 6) is -1.56. The Kier molecular flexibility index (Phi) is 11.1. The number of hydrogen-bond acceptors (Lipinski definition) is 10. The number of nitrogens with one attached hydrogen (secondary N) is 3. The van der Waals surface area contributed by atoms with Crippen molar-refractivity contribution in [3.63, 3.8) is 0 Å². The Bertz CT molecular complexity index is 2050.